The molecule has 0 bridgehead atoms. The maximum absolute atomic E-state index is 12.5. The lowest BCUT2D eigenvalue weighted by Crippen LogP contribution is -2.33. The number of hydrogen-bond acceptors (Lipinski definition) is 2. The predicted octanol–water partition coefficient (Wildman–Crippen LogP) is 4.40. The lowest BCUT2D eigenvalue weighted by atomic mass is 9.92. The van der Waals surface area contributed by atoms with E-state index in [2.05, 4.69) is 0 Å². The van der Waals surface area contributed by atoms with Crippen LogP contribution in [-0.4, -0.2) is 23.3 Å². The van der Waals surface area contributed by atoms with Gasteiger partial charge in [0.2, 0.25) is 0 Å². The van der Waals surface area contributed by atoms with Crippen LogP contribution in [0.15, 0.2) is 12.1 Å². The number of carbonyl (C=O) groups excluding carboxylic acids is 2. The normalized spacial score (nSPS) is 13.7. The van der Waals surface area contributed by atoms with Crippen molar-refractivity contribution < 1.29 is 9.59 Å². The highest BCUT2D eigenvalue weighted by molar-refractivity contribution is 6.22. The molecule has 0 saturated heterocycles. The van der Waals surface area contributed by atoms with E-state index in [4.69, 9.17) is 0 Å². The minimum atomic E-state index is -0.131. The van der Waals surface area contributed by atoms with Crippen LogP contribution < -0.4 is 0 Å². The molecule has 0 fully saturated rings. The van der Waals surface area contributed by atoms with Crippen molar-refractivity contribution in [2.75, 3.05) is 6.54 Å². The van der Waals surface area contributed by atoms with Crippen molar-refractivity contribution in [2.45, 2.75) is 54.4 Å². The molecule has 1 aliphatic rings. The highest BCUT2D eigenvalue weighted by Crippen LogP contribution is 2.32. The second-order valence-electron chi connectivity index (χ2n) is 5.99. The Bertz CT molecular complexity index is 544. The Labute approximate surface area is 128 Å². The predicted molar refractivity (Wildman–Crippen MR) is 86.8 cm³/mol. The van der Waals surface area contributed by atoms with E-state index in [1.54, 1.807) is 0 Å². The number of imide groups is 1. The summed E-state index contributed by atoms with van der Waals surface area (Å²) in [5, 5.41) is 0. The van der Waals surface area contributed by atoms with Gasteiger partial charge in [-0.25, -0.2) is 0 Å². The lowest BCUT2D eigenvalue weighted by molar-refractivity contribution is 0.0635. The Hall–Kier alpha value is -1.64. The number of hydrogen-bond donors (Lipinski definition) is 0. The summed E-state index contributed by atoms with van der Waals surface area (Å²) in [5.41, 5.74) is 3.10. The molecule has 0 saturated carbocycles. The first-order chi connectivity index (χ1) is 9.84. The molecule has 0 radical (unpaired) electrons. The lowest BCUT2D eigenvalue weighted by Gasteiger charge is -2.16. The minimum Gasteiger partial charge on any atom is -0.274 e. The SMILES string of the molecule is CC.Cc1ccc(C(C)C)c2c1C(=O)N(CC(C)C)C2=O. The summed E-state index contributed by atoms with van der Waals surface area (Å²) in [5.74, 6) is 0.268. The van der Waals surface area contributed by atoms with E-state index in [1.807, 2.05) is 60.6 Å². The molecule has 0 N–H and O–H groups in total. The summed E-state index contributed by atoms with van der Waals surface area (Å²) in [4.78, 5) is 26.4. The van der Waals surface area contributed by atoms with Crippen molar-refractivity contribution >= 4 is 11.8 Å². The molecule has 2 rings (SSSR count). The molecule has 1 aromatic carbocycles. The zero-order valence-corrected chi connectivity index (χ0v) is 14.3. The van der Waals surface area contributed by atoms with Crippen molar-refractivity contribution in [3.8, 4) is 0 Å². The van der Waals surface area contributed by atoms with E-state index in [9.17, 15) is 9.59 Å². The monoisotopic (exact) mass is 289 g/mol. The average Bonchev–Trinajstić information content (AvgIpc) is 2.67. The van der Waals surface area contributed by atoms with Crippen molar-refractivity contribution in [3.63, 3.8) is 0 Å². The summed E-state index contributed by atoms with van der Waals surface area (Å²) in [7, 11) is 0. The molecule has 1 aliphatic heterocycles. The number of carbonyl (C=O) groups is 2. The maximum atomic E-state index is 12.5. The van der Waals surface area contributed by atoms with Crippen molar-refractivity contribution in [2.24, 2.45) is 5.92 Å². The van der Waals surface area contributed by atoms with E-state index in [-0.39, 0.29) is 23.7 Å². The summed E-state index contributed by atoms with van der Waals surface area (Å²) >= 11 is 0. The topological polar surface area (TPSA) is 37.4 Å². The third-order valence-corrected chi connectivity index (χ3v) is 3.53. The Morgan fingerprint density at radius 1 is 0.952 bits per heavy atom. The third-order valence-electron chi connectivity index (χ3n) is 3.53. The fraction of sp³-hybridized carbons (Fsp3) is 0.556. The van der Waals surface area contributed by atoms with Gasteiger partial charge in [0.25, 0.3) is 11.8 Å². The molecule has 3 nitrogen and oxygen atoms in total. The highest BCUT2D eigenvalue weighted by Gasteiger charge is 2.38. The van der Waals surface area contributed by atoms with Gasteiger partial charge in [0, 0.05) is 6.54 Å². The molecule has 1 heterocycles. The second-order valence-corrected chi connectivity index (χ2v) is 5.99. The molecular weight excluding hydrogens is 262 g/mol. The van der Waals surface area contributed by atoms with Gasteiger partial charge in [-0.3, -0.25) is 14.5 Å². The standard InChI is InChI=1S/C16H21NO2.C2H6/c1-9(2)8-17-15(18)13-11(5)6-7-12(10(3)4)14(13)16(17)19;1-2/h6-7,9-10H,8H2,1-5H3;1-2H3. The van der Waals surface area contributed by atoms with E-state index >= 15 is 0 Å². The molecule has 21 heavy (non-hydrogen) atoms. The van der Waals surface area contributed by atoms with E-state index in [0.717, 1.165) is 11.1 Å². The Kier molecular flexibility index (Phi) is 5.70. The zero-order valence-electron chi connectivity index (χ0n) is 14.3. The number of benzene rings is 1. The van der Waals surface area contributed by atoms with Crippen LogP contribution in [0.5, 0.6) is 0 Å². The number of nitrogens with zero attached hydrogens (tertiary/aromatic N) is 1. The van der Waals surface area contributed by atoms with Crippen molar-refractivity contribution in [1.82, 2.24) is 4.90 Å². The number of rotatable bonds is 3. The third kappa shape index (κ3) is 3.17. The quantitative estimate of drug-likeness (QED) is 0.774. The average molecular weight is 289 g/mol. The van der Waals surface area contributed by atoms with Crippen LogP contribution >= 0.6 is 0 Å². The van der Waals surface area contributed by atoms with Gasteiger partial charge in [0.15, 0.2) is 0 Å². The zero-order chi connectivity index (χ0) is 16.3. The molecule has 0 atom stereocenters. The van der Waals surface area contributed by atoms with Gasteiger partial charge < -0.3 is 0 Å². The smallest absolute Gasteiger partial charge is 0.261 e. The van der Waals surface area contributed by atoms with Crippen LogP contribution in [0.25, 0.3) is 0 Å². The molecule has 3 heteroatoms. The van der Waals surface area contributed by atoms with Crippen molar-refractivity contribution in [1.29, 1.82) is 0 Å². The Balaban J connectivity index is 0.00000106. The molecule has 116 valence electrons. The highest BCUT2D eigenvalue weighted by atomic mass is 16.2. The van der Waals surface area contributed by atoms with E-state index in [1.165, 1.54) is 4.90 Å². The minimum absolute atomic E-state index is 0.124. The fourth-order valence-corrected chi connectivity index (χ4v) is 2.60. The van der Waals surface area contributed by atoms with Crippen LogP contribution in [0.3, 0.4) is 0 Å². The van der Waals surface area contributed by atoms with Gasteiger partial charge >= 0.3 is 0 Å². The molecule has 0 aromatic heterocycles. The second kappa shape index (κ2) is 6.88. The van der Waals surface area contributed by atoms with Crippen LogP contribution in [0.1, 0.15) is 79.3 Å². The van der Waals surface area contributed by atoms with Gasteiger partial charge in [0.05, 0.1) is 11.1 Å². The van der Waals surface area contributed by atoms with Gasteiger partial charge in [-0.05, 0) is 29.9 Å². The van der Waals surface area contributed by atoms with Crippen LogP contribution in [-0.2, 0) is 0 Å². The van der Waals surface area contributed by atoms with Crippen molar-refractivity contribution in [3.05, 3.63) is 34.4 Å². The fourth-order valence-electron chi connectivity index (χ4n) is 2.60. The Morgan fingerprint density at radius 3 is 1.95 bits per heavy atom. The van der Waals surface area contributed by atoms with E-state index < -0.39 is 0 Å². The summed E-state index contributed by atoms with van der Waals surface area (Å²) in [6.45, 7) is 14.5. The molecular formula is C18H27NO2. The maximum Gasteiger partial charge on any atom is 0.261 e. The molecule has 2 amide bonds. The Morgan fingerprint density at radius 2 is 1.48 bits per heavy atom. The molecule has 0 spiro atoms. The van der Waals surface area contributed by atoms with Crippen LogP contribution in [0.2, 0.25) is 0 Å². The van der Waals surface area contributed by atoms with Crippen LogP contribution in [0.4, 0.5) is 0 Å². The summed E-state index contributed by atoms with van der Waals surface area (Å²) in [6.07, 6.45) is 0. The van der Waals surface area contributed by atoms with Gasteiger partial charge in [0.1, 0.15) is 0 Å². The van der Waals surface area contributed by atoms with Gasteiger partial charge in [-0.2, -0.15) is 0 Å². The molecule has 0 aliphatic carbocycles. The molecule has 1 aromatic rings. The first-order valence-electron chi connectivity index (χ1n) is 7.84. The number of fused-ring (bicyclic) bond motifs is 1. The first-order valence-corrected chi connectivity index (χ1v) is 7.84. The van der Waals surface area contributed by atoms with Crippen LogP contribution in [0, 0.1) is 12.8 Å². The van der Waals surface area contributed by atoms with Gasteiger partial charge in [-0.1, -0.05) is 53.7 Å². The van der Waals surface area contributed by atoms with E-state index in [0.29, 0.717) is 17.7 Å². The summed E-state index contributed by atoms with van der Waals surface area (Å²) in [6, 6.07) is 3.92. The number of aryl methyl sites for hydroxylation is 1. The summed E-state index contributed by atoms with van der Waals surface area (Å²) < 4.78 is 0. The first kappa shape index (κ1) is 17.4. The number of amides is 2. The largest absolute Gasteiger partial charge is 0.274 e. The molecule has 0 unspecified atom stereocenters. The van der Waals surface area contributed by atoms with Gasteiger partial charge in [-0.15, -0.1) is 0 Å².